The summed E-state index contributed by atoms with van der Waals surface area (Å²) in [5.74, 6) is 0.536. The summed E-state index contributed by atoms with van der Waals surface area (Å²) in [6.07, 6.45) is 0.528. The molecule has 1 unspecified atom stereocenters. The van der Waals surface area contributed by atoms with Crippen LogP contribution in [0.2, 0.25) is 0 Å². The molecular formula is C15H24N4O4S2. The van der Waals surface area contributed by atoms with Gasteiger partial charge in [0.05, 0.1) is 17.3 Å². The van der Waals surface area contributed by atoms with Gasteiger partial charge in [-0.05, 0) is 12.0 Å². The lowest BCUT2D eigenvalue weighted by atomic mass is 10.2. The fraction of sp³-hybridized carbons (Fsp3) is 0.533. The van der Waals surface area contributed by atoms with Gasteiger partial charge >= 0.3 is 0 Å². The predicted molar refractivity (Wildman–Crippen MR) is 98.6 cm³/mol. The van der Waals surface area contributed by atoms with Gasteiger partial charge in [0.15, 0.2) is 15.8 Å². The van der Waals surface area contributed by atoms with Crippen LogP contribution in [0.3, 0.4) is 0 Å². The molecule has 1 heterocycles. The van der Waals surface area contributed by atoms with Crippen molar-refractivity contribution in [2.24, 2.45) is 4.99 Å². The van der Waals surface area contributed by atoms with Gasteiger partial charge in [0.25, 0.3) is 0 Å². The molecule has 1 aliphatic rings. The van der Waals surface area contributed by atoms with Crippen molar-refractivity contribution >= 4 is 25.8 Å². The maximum Gasteiger partial charge on any atom is 0.213 e. The highest BCUT2D eigenvalue weighted by Crippen LogP contribution is 2.10. The summed E-state index contributed by atoms with van der Waals surface area (Å²) < 4.78 is 49.5. The standard InChI is InChI=1S/C15H24N4O4S2/c1-16-15(19-14-7-9-24(20,21)12-14)17-8-10-25(22,23)18-11-13-5-3-2-4-6-13/h2-6,14,18H,7-12H2,1H3,(H2,16,17,19). The Labute approximate surface area is 149 Å². The first-order valence-electron chi connectivity index (χ1n) is 7.98. The molecule has 1 fully saturated rings. The maximum atomic E-state index is 12.0. The van der Waals surface area contributed by atoms with E-state index in [4.69, 9.17) is 0 Å². The van der Waals surface area contributed by atoms with Crippen LogP contribution in [0.1, 0.15) is 12.0 Å². The van der Waals surface area contributed by atoms with E-state index in [2.05, 4.69) is 20.3 Å². The summed E-state index contributed by atoms with van der Waals surface area (Å²) in [4.78, 5) is 4.00. The second kappa shape index (κ2) is 8.63. The van der Waals surface area contributed by atoms with Gasteiger partial charge in [-0.15, -0.1) is 0 Å². The number of benzene rings is 1. The van der Waals surface area contributed by atoms with Crippen molar-refractivity contribution < 1.29 is 16.8 Å². The Morgan fingerprint density at radius 1 is 1.28 bits per heavy atom. The average molecular weight is 389 g/mol. The molecule has 1 aliphatic heterocycles. The topological polar surface area (TPSA) is 117 Å². The molecule has 0 aliphatic carbocycles. The summed E-state index contributed by atoms with van der Waals surface area (Å²) >= 11 is 0. The van der Waals surface area contributed by atoms with Crippen molar-refractivity contribution in [1.29, 1.82) is 0 Å². The van der Waals surface area contributed by atoms with E-state index in [1.165, 1.54) is 0 Å². The fourth-order valence-corrected chi connectivity index (χ4v) is 5.04. The highest BCUT2D eigenvalue weighted by molar-refractivity contribution is 7.91. The van der Waals surface area contributed by atoms with E-state index in [0.29, 0.717) is 12.4 Å². The van der Waals surface area contributed by atoms with Crippen molar-refractivity contribution in [3.63, 3.8) is 0 Å². The van der Waals surface area contributed by atoms with E-state index in [-0.39, 0.29) is 36.4 Å². The third-order valence-electron chi connectivity index (χ3n) is 3.80. The molecule has 0 saturated carbocycles. The molecule has 3 N–H and O–H groups in total. The van der Waals surface area contributed by atoms with Gasteiger partial charge in [0.1, 0.15) is 0 Å². The van der Waals surface area contributed by atoms with Gasteiger partial charge in [-0.25, -0.2) is 21.6 Å². The predicted octanol–water partition coefficient (Wildman–Crippen LogP) is -0.542. The van der Waals surface area contributed by atoms with E-state index in [9.17, 15) is 16.8 Å². The molecule has 10 heteroatoms. The van der Waals surface area contributed by atoms with Crippen LogP contribution in [-0.4, -0.2) is 59.7 Å². The highest BCUT2D eigenvalue weighted by atomic mass is 32.2. The molecule has 2 rings (SSSR count). The number of sulfonamides is 1. The molecule has 0 amide bonds. The third-order valence-corrected chi connectivity index (χ3v) is 6.89. The highest BCUT2D eigenvalue weighted by Gasteiger charge is 2.28. The lowest BCUT2D eigenvalue weighted by Gasteiger charge is -2.16. The fourth-order valence-electron chi connectivity index (χ4n) is 2.46. The third kappa shape index (κ3) is 7.00. The van der Waals surface area contributed by atoms with Crippen LogP contribution in [-0.2, 0) is 26.4 Å². The number of rotatable bonds is 7. The minimum atomic E-state index is -3.42. The molecule has 0 spiro atoms. The Morgan fingerprint density at radius 3 is 2.60 bits per heavy atom. The Bertz CT molecular complexity index is 792. The summed E-state index contributed by atoms with van der Waals surface area (Å²) in [5.41, 5.74) is 0.888. The van der Waals surface area contributed by atoms with Crippen molar-refractivity contribution in [3.8, 4) is 0 Å². The van der Waals surface area contributed by atoms with Gasteiger partial charge in [0.2, 0.25) is 10.0 Å². The molecule has 0 aromatic heterocycles. The maximum absolute atomic E-state index is 12.0. The number of hydrogen-bond acceptors (Lipinski definition) is 5. The van der Waals surface area contributed by atoms with Gasteiger partial charge in [-0.2, -0.15) is 0 Å². The number of hydrogen-bond donors (Lipinski definition) is 3. The van der Waals surface area contributed by atoms with Crippen LogP contribution in [0, 0.1) is 0 Å². The molecule has 1 saturated heterocycles. The molecule has 1 aromatic carbocycles. The number of sulfone groups is 1. The zero-order valence-corrected chi connectivity index (χ0v) is 15.7. The summed E-state index contributed by atoms with van der Waals surface area (Å²) in [7, 11) is -4.84. The van der Waals surface area contributed by atoms with E-state index in [0.717, 1.165) is 5.56 Å². The zero-order chi connectivity index (χ0) is 18.3. The first-order valence-corrected chi connectivity index (χ1v) is 11.5. The minimum Gasteiger partial charge on any atom is -0.355 e. The van der Waals surface area contributed by atoms with Crippen molar-refractivity contribution in [3.05, 3.63) is 35.9 Å². The molecule has 1 aromatic rings. The Hall–Kier alpha value is -1.65. The lowest BCUT2D eigenvalue weighted by Crippen LogP contribution is -2.45. The van der Waals surface area contributed by atoms with E-state index >= 15 is 0 Å². The summed E-state index contributed by atoms with van der Waals surface area (Å²) in [5, 5.41) is 5.91. The monoisotopic (exact) mass is 388 g/mol. The van der Waals surface area contributed by atoms with Gasteiger partial charge < -0.3 is 10.6 Å². The summed E-state index contributed by atoms with van der Waals surface area (Å²) in [6.45, 7) is 0.416. The average Bonchev–Trinajstić information content (AvgIpc) is 2.91. The zero-order valence-electron chi connectivity index (χ0n) is 14.1. The molecule has 8 nitrogen and oxygen atoms in total. The molecule has 0 radical (unpaired) electrons. The second-order valence-corrected chi connectivity index (χ2v) is 10.0. The van der Waals surface area contributed by atoms with Gasteiger partial charge in [-0.3, -0.25) is 4.99 Å². The van der Waals surface area contributed by atoms with Crippen molar-refractivity contribution in [2.45, 2.75) is 19.0 Å². The van der Waals surface area contributed by atoms with Crippen LogP contribution in [0.4, 0.5) is 0 Å². The number of guanidine groups is 1. The molecule has 0 bridgehead atoms. The van der Waals surface area contributed by atoms with Crippen molar-refractivity contribution in [1.82, 2.24) is 15.4 Å². The first-order chi connectivity index (χ1) is 11.8. The normalized spacial score (nSPS) is 20.4. The van der Waals surface area contributed by atoms with E-state index in [1.807, 2.05) is 30.3 Å². The number of nitrogens with one attached hydrogen (secondary N) is 3. The van der Waals surface area contributed by atoms with Gasteiger partial charge in [0, 0.05) is 26.2 Å². The van der Waals surface area contributed by atoms with Crippen molar-refractivity contribution in [2.75, 3.05) is 30.9 Å². The Balaban J connectivity index is 1.74. The first kappa shape index (κ1) is 19.7. The minimum absolute atomic E-state index is 0.0740. The Kier molecular flexibility index (Phi) is 6.79. The molecule has 140 valence electrons. The number of aliphatic imine (C=N–C) groups is 1. The Morgan fingerprint density at radius 2 is 2.00 bits per heavy atom. The lowest BCUT2D eigenvalue weighted by molar-refractivity contribution is 0.579. The smallest absolute Gasteiger partial charge is 0.213 e. The van der Waals surface area contributed by atoms with E-state index < -0.39 is 19.9 Å². The quantitative estimate of drug-likeness (QED) is 0.427. The van der Waals surface area contributed by atoms with Crippen LogP contribution in [0.15, 0.2) is 35.3 Å². The number of nitrogens with zero attached hydrogens (tertiary/aromatic N) is 1. The SMILES string of the molecule is CN=C(NCCS(=O)(=O)NCc1ccccc1)NC1CCS(=O)(=O)C1. The largest absolute Gasteiger partial charge is 0.355 e. The molecule has 1 atom stereocenters. The summed E-state index contributed by atoms with van der Waals surface area (Å²) in [6, 6.07) is 9.08. The van der Waals surface area contributed by atoms with Crippen LogP contribution in [0.5, 0.6) is 0 Å². The van der Waals surface area contributed by atoms with Crippen LogP contribution >= 0.6 is 0 Å². The van der Waals surface area contributed by atoms with E-state index in [1.54, 1.807) is 7.05 Å². The second-order valence-electron chi connectivity index (χ2n) is 5.87. The van der Waals surface area contributed by atoms with Gasteiger partial charge in [-0.1, -0.05) is 30.3 Å². The van der Waals surface area contributed by atoms with Crippen LogP contribution < -0.4 is 15.4 Å². The molecular weight excluding hydrogens is 364 g/mol. The molecule has 25 heavy (non-hydrogen) atoms. The van der Waals surface area contributed by atoms with Crippen LogP contribution in [0.25, 0.3) is 0 Å².